The van der Waals surface area contributed by atoms with Crippen LogP contribution in [-0.2, 0) is 4.65 Å². The molecule has 29 heavy (non-hydrogen) atoms. The highest BCUT2D eigenvalue weighted by molar-refractivity contribution is 6.38. The average Bonchev–Trinajstić information content (AvgIpc) is 2.76. The molecule has 0 radical (unpaired) electrons. The molecule has 0 bridgehead atoms. The number of rotatable bonds is 13. The van der Waals surface area contributed by atoms with Crippen LogP contribution in [0.15, 0.2) is 60.7 Å². The van der Waals surface area contributed by atoms with Gasteiger partial charge in [-0.2, -0.15) is 0 Å². The van der Waals surface area contributed by atoms with Crippen LogP contribution in [-0.4, -0.2) is 43.6 Å². The van der Waals surface area contributed by atoms with Gasteiger partial charge in [0.1, 0.15) is 17.5 Å². The highest BCUT2D eigenvalue weighted by Gasteiger charge is 2.40. The molecule has 0 fully saturated rings. The summed E-state index contributed by atoms with van der Waals surface area (Å²) in [5, 5.41) is 0. The van der Waals surface area contributed by atoms with Crippen molar-refractivity contribution >= 4 is 7.32 Å². The number of para-hydroxylation sites is 2. The van der Waals surface area contributed by atoms with Gasteiger partial charge in [0.25, 0.3) is 0 Å². The molecule has 2 aromatic rings. The predicted molar refractivity (Wildman–Crippen MR) is 121 cm³/mol. The molecule has 5 heteroatoms. The van der Waals surface area contributed by atoms with Gasteiger partial charge in [-0.3, -0.25) is 0 Å². The minimum atomic E-state index is -0.800. The van der Waals surface area contributed by atoms with Gasteiger partial charge in [-0.15, -0.1) is 0 Å². The smallest absolute Gasteiger partial charge is 0.501 e. The van der Waals surface area contributed by atoms with E-state index in [1.54, 1.807) is 0 Å². The molecule has 0 aliphatic heterocycles. The first-order chi connectivity index (χ1) is 14.1. The zero-order chi connectivity index (χ0) is 21.1. The van der Waals surface area contributed by atoms with Crippen LogP contribution < -0.4 is 9.31 Å². The summed E-state index contributed by atoms with van der Waals surface area (Å²) >= 11 is 0. The van der Waals surface area contributed by atoms with E-state index in [-0.39, 0.29) is 6.10 Å². The van der Waals surface area contributed by atoms with Crippen molar-refractivity contribution in [3.8, 4) is 11.5 Å². The van der Waals surface area contributed by atoms with Crippen molar-refractivity contribution in [1.82, 2.24) is 0 Å². The summed E-state index contributed by atoms with van der Waals surface area (Å²) in [6.45, 7) is 14.6. The summed E-state index contributed by atoms with van der Waals surface area (Å²) in [5.41, 5.74) is 0. The van der Waals surface area contributed by atoms with E-state index in [2.05, 4.69) is 34.6 Å². The summed E-state index contributed by atoms with van der Waals surface area (Å²) < 4.78 is 19.7. The Balaban J connectivity index is 2.24. The minimum Gasteiger partial charge on any atom is -0.501 e. The van der Waals surface area contributed by atoms with Gasteiger partial charge in [-0.05, 0) is 58.4 Å². The fraction of sp³-hybridized carbons (Fsp3) is 0.500. The van der Waals surface area contributed by atoms with Gasteiger partial charge in [0.15, 0.2) is 0 Å². The van der Waals surface area contributed by atoms with Gasteiger partial charge < -0.3 is 18.4 Å². The zero-order valence-electron chi connectivity index (χ0n) is 18.7. The van der Waals surface area contributed by atoms with Gasteiger partial charge in [-0.1, -0.05) is 49.7 Å². The van der Waals surface area contributed by atoms with Gasteiger partial charge in [-0.25, -0.2) is 0 Å². The van der Waals surface area contributed by atoms with E-state index < -0.39 is 7.32 Å². The zero-order valence-corrected chi connectivity index (χ0v) is 18.7. The quantitative estimate of drug-likeness (QED) is 0.326. The lowest BCUT2D eigenvalue weighted by Gasteiger charge is -2.44. The van der Waals surface area contributed by atoms with E-state index in [1.807, 2.05) is 60.7 Å². The summed E-state index contributed by atoms with van der Waals surface area (Å²) in [4.78, 5) is 0. The first-order valence-corrected chi connectivity index (χ1v) is 11.0. The highest BCUT2D eigenvalue weighted by Crippen LogP contribution is 2.24. The Hall–Kier alpha value is -1.98. The fourth-order valence-corrected chi connectivity index (χ4v) is 4.04. The monoisotopic (exact) mass is 398 g/mol. The summed E-state index contributed by atoms with van der Waals surface area (Å²) in [5.74, 6) is 1.47. The fourth-order valence-electron chi connectivity index (χ4n) is 4.04. The Morgan fingerprint density at radius 2 is 1.21 bits per heavy atom. The third-order valence-electron chi connectivity index (χ3n) is 6.10. The molecule has 0 spiro atoms. The number of hydrogen-bond acceptors (Lipinski definition) is 3. The van der Waals surface area contributed by atoms with E-state index in [4.69, 9.17) is 14.0 Å². The molecule has 0 N–H and O–H groups in total. The second kappa shape index (κ2) is 11.9. The number of quaternary nitrogens is 1. The van der Waals surface area contributed by atoms with Gasteiger partial charge >= 0.3 is 7.32 Å². The van der Waals surface area contributed by atoms with Crippen molar-refractivity contribution in [2.45, 2.75) is 59.6 Å². The maximum atomic E-state index is 6.51. The molecule has 4 nitrogen and oxygen atoms in total. The minimum absolute atomic E-state index is 0.0391. The predicted octanol–water partition coefficient (Wildman–Crippen LogP) is 5.58. The molecule has 0 heterocycles. The maximum absolute atomic E-state index is 6.51. The molecule has 0 aliphatic rings. The highest BCUT2D eigenvalue weighted by atomic mass is 16.7. The largest absolute Gasteiger partial charge is 0.788 e. The lowest BCUT2D eigenvalue weighted by atomic mass is 10.0. The molecule has 2 rings (SSSR count). The third kappa shape index (κ3) is 6.51. The molecule has 0 saturated carbocycles. The summed E-state index contributed by atoms with van der Waals surface area (Å²) in [7, 11) is -0.800. The van der Waals surface area contributed by atoms with Gasteiger partial charge in [0, 0.05) is 0 Å². The van der Waals surface area contributed by atoms with E-state index in [0.29, 0.717) is 6.04 Å². The van der Waals surface area contributed by atoms with Crippen molar-refractivity contribution in [2.75, 3.05) is 19.6 Å². The molecule has 158 valence electrons. The van der Waals surface area contributed by atoms with Crippen molar-refractivity contribution in [1.29, 1.82) is 0 Å². The summed E-state index contributed by atoms with van der Waals surface area (Å²) in [6.07, 6.45) is 2.06. The topological polar surface area (TPSA) is 27.7 Å². The van der Waals surface area contributed by atoms with E-state index >= 15 is 0 Å². The Labute approximate surface area is 177 Å². The lowest BCUT2D eigenvalue weighted by Crippen LogP contribution is -2.60. The molecule has 0 saturated heterocycles. The SMILES string of the molecule is CCCC(OB(Oc1ccccc1)Oc1ccccc1)C(C)[N+](CC)(CC)CC. The van der Waals surface area contributed by atoms with Gasteiger partial charge in [0.05, 0.1) is 25.7 Å². The Kier molecular flexibility index (Phi) is 9.55. The van der Waals surface area contributed by atoms with E-state index in [1.165, 1.54) is 0 Å². The average molecular weight is 398 g/mol. The van der Waals surface area contributed by atoms with Crippen LogP contribution in [0.4, 0.5) is 0 Å². The van der Waals surface area contributed by atoms with Crippen LogP contribution in [0.5, 0.6) is 11.5 Å². The number of likely N-dealkylation sites (N-methyl/N-ethyl adjacent to an activating group) is 1. The molecular formula is C24H37BNO3+. The second-order valence-electron chi connectivity index (χ2n) is 7.52. The van der Waals surface area contributed by atoms with Crippen LogP contribution in [0.2, 0.25) is 0 Å². The molecule has 0 aromatic heterocycles. The van der Waals surface area contributed by atoms with E-state index in [0.717, 1.165) is 48.5 Å². The van der Waals surface area contributed by atoms with Crippen LogP contribution in [0, 0.1) is 0 Å². The first-order valence-electron chi connectivity index (χ1n) is 11.0. The maximum Gasteiger partial charge on any atom is 0.788 e. The molecule has 0 amide bonds. The third-order valence-corrected chi connectivity index (χ3v) is 6.10. The van der Waals surface area contributed by atoms with E-state index in [9.17, 15) is 0 Å². The lowest BCUT2D eigenvalue weighted by molar-refractivity contribution is -0.947. The van der Waals surface area contributed by atoms with Crippen LogP contribution in [0.25, 0.3) is 0 Å². The normalized spacial score (nSPS) is 13.6. The Bertz CT molecular complexity index is 629. The number of benzene rings is 2. The summed E-state index contributed by atoms with van der Waals surface area (Å²) in [6, 6.07) is 19.8. The standard InChI is InChI=1S/C24H37BNO3/c1-6-16-24(21(5)26(7-2,8-3)9-4)29-25(27-22-17-12-10-13-18-22)28-23-19-14-11-15-20-23/h10-15,17-21,24H,6-9,16H2,1-5H3/q+1. The van der Waals surface area contributed by atoms with Crippen molar-refractivity contribution in [3.63, 3.8) is 0 Å². The molecule has 2 atom stereocenters. The van der Waals surface area contributed by atoms with Crippen molar-refractivity contribution < 1.29 is 18.4 Å². The molecule has 2 aromatic carbocycles. The number of nitrogens with zero attached hydrogens (tertiary/aromatic N) is 1. The van der Waals surface area contributed by atoms with Crippen LogP contribution >= 0.6 is 0 Å². The van der Waals surface area contributed by atoms with Crippen molar-refractivity contribution in [2.24, 2.45) is 0 Å². The number of hydrogen-bond donors (Lipinski definition) is 0. The van der Waals surface area contributed by atoms with Gasteiger partial charge in [0.2, 0.25) is 0 Å². The van der Waals surface area contributed by atoms with Crippen LogP contribution in [0.3, 0.4) is 0 Å². The second-order valence-corrected chi connectivity index (χ2v) is 7.52. The van der Waals surface area contributed by atoms with Crippen molar-refractivity contribution in [3.05, 3.63) is 60.7 Å². The molecular weight excluding hydrogens is 361 g/mol. The molecule has 0 aliphatic carbocycles. The Morgan fingerprint density at radius 3 is 1.59 bits per heavy atom. The first kappa shape index (κ1) is 23.3. The Morgan fingerprint density at radius 1 is 0.759 bits per heavy atom. The van der Waals surface area contributed by atoms with Crippen LogP contribution in [0.1, 0.15) is 47.5 Å². The molecule has 2 unspecified atom stereocenters.